The van der Waals surface area contributed by atoms with E-state index in [2.05, 4.69) is 5.32 Å². The van der Waals surface area contributed by atoms with E-state index in [1.165, 1.54) is 0 Å². The van der Waals surface area contributed by atoms with Gasteiger partial charge < -0.3 is 20.0 Å². The van der Waals surface area contributed by atoms with Crippen LogP contribution >= 0.6 is 11.8 Å². The maximum absolute atomic E-state index is 11.6. The quantitative estimate of drug-likeness (QED) is 0.840. The molecule has 1 heterocycles. The third-order valence-corrected chi connectivity index (χ3v) is 3.93. The summed E-state index contributed by atoms with van der Waals surface area (Å²) in [4.78, 5) is 22.7. The van der Waals surface area contributed by atoms with Gasteiger partial charge >= 0.3 is 6.09 Å². The Morgan fingerprint density at radius 3 is 2.42 bits per heavy atom. The average Bonchev–Trinajstić information content (AvgIpc) is 2.26. The zero-order chi connectivity index (χ0) is 14.5. The minimum absolute atomic E-state index is 0.332. The SMILES string of the molecule is CC(C)(C)OC(=O)N[C@H](CC1CCSCC1)C(=O)[O-]. The standard InChI is InChI=1S/C13H23NO4S/c1-13(2,3)18-12(17)14-10(11(15)16)8-9-4-6-19-7-5-9/h9-10H,4-8H2,1-3H3,(H,14,17)(H,15,16)/p-1/t10-/m1/s1. The third-order valence-electron chi connectivity index (χ3n) is 2.89. The van der Waals surface area contributed by atoms with Gasteiger partial charge in [0.2, 0.25) is 0 Å². The van der Waals surface area contributed by atoms with Crippen molar-refractivity contribution in [3.05, 3.63) is 0 Å². The predicted octanol–water partition coefficient (Wildman–Crippen LogP) is 1.16. The highest BCUT2D eigenvalue weighted by Gasteiger charge is 2.24. The van der Waals surface area contributed by atoms with Crippen LogP contribution in [0.5, 0.6) is 0 Å². The number of ether oxygens (including phenoxy) is 1. The number of carbonyl (C=O) groups is 2. The maximum Gasteiger partial charge on any atom is 0.408 e. The van der Waals surface area contributed by atoms with Crippen LogP contribution in [0.2, 0.25) is 0 Å². The van der Waals surface area contributed by atoms with Crippen molar-refractivity contribution in [2.24, 2.45) is 5.92 Å². The summed E-state index contributed by atoms with van der Waals surface area (Å²) in [5.41, 5.74) is -0.637. The number of aliphatic carboxylic acids is 1. The molecule has 0 saturated carbocycles. The largest absolute Gasteiger partial charge is 0.548 e. The first-order valence-corrected chi connectivity index (χ1v) is 7.71. The molecule has 0 aromatic rings. The van der Waals surface area contributed by atoms with E-state index in [-0.39, 0.29) is 0 Å². The van der Waals surface area contributed by atoms with E-state index in [1.54, 1.807) is 20.8 Å². The van der Waals surface area contributed by atoms with Gasteiger partial charge in [-0.15, -0.1) is 0 Å². The molecular weight excluding hydrogens is 266 g/mol. The first kappa shape index (κ1) is 16.1. The summed E-state index contributed by atoms with van der Waals surface area (Å²) in [6.45, 7) is 5.21. The normalized spacial score (nSPS) is 18.7. The number of carboxylic acid groups (broad SMARTS) is 1. The lowest BCUT2D eigenvalue weighted by Crippen LogP contribution is -2.50. The topological polar surface area (TPSA) is 78.5 Å². The Kier molecular flexibility index (Phi) is 5.97. The Morgan fingerprint density at radius 2 is 1.95 bits per heavy atom. The molecule has 0 unspecified atom stereocenters. The minimum Gasteiger partial charge on any atom is -0.548 e. The number of carboxylic acids is 1. The second kappa shape index (κ2) is 7.03. The molecule has 1 rings (SSSR count). The van der Waals surface area contributed by atoms with Crippen LogP contribution in [0.15, 0.2) is 0 Å². The molecule has 0 aromatic heterocycles. The van der Waals surface area contributed by atoms with E-state index in [4.69, 9.17) is 4.74 Å². The van der Waals surface area contributed by atoms with Gasteiger partial charge in [0.25, 0.3) is 0 Å². The van der Waals surface area contributed by atoms with Gasteiger partial charge in [0.1, 0.15) is 5.60 Å². The zero-order valence-corrected chi connectivity index (χ0v) is 12.5. The van der Waals surface area contributed by atoms with Gasteiger partial charge in [0.05, 0.1) is 12.0 Å². The van der Waals surface area contributed by atoms with Gasteiger partial charge in [-0.2, -0.15) is 11.8 Å². The number of alkyl carbamates (subject to hydrolysis) is 1. The van der Waals surface area contributed by atoms with Crippen LogP contribution in [0, 0.1) is 5.92 Å². The van der Waals surface area contributed by atoms with Crippen molar-refractivity contribution in [2.75, 3.05) is 11.5 Å². The van der Waals surface area contributed by atoms with Gasteiger partial charge in [-0.3, -0.25) is 0 Å². The molecule has 19 heavy (non-hydrogen) atoms. The molecular formula is C13H22NO4S-. The number of amides is 1. The molecule has 5 nitrogen and oxygen atoms in total. The molecule has 1 atom stereocenters. The van der Waals surface area contributed by atoms with Crippen molar-refractivity contribution in [3.63, 3.8) is 0 Å². The Balaban J connectivity index is 2.48. The van der Waals surface area contributed by atoms with E-state index in [0.717, 1.165) is 24.3 Å². The molecule has 1 fully saturated rings. The van der Waals surface area contributed by atoms with Crippen molar-refractivity contribution < 1.29 is 19.4 Å². The zero-order valence-electron chi connectivity index (χ0n) is 11.7. The lowest BCUT2D eigenvalue weighted by Gasteiger charge is -2.28. The molecule has 1 saturated heterocycles. The van der Waals surface area contributed by atoms with Crippen LogP contribution in [0.3, 0.4) is 0 Å². The van der Waals surface area contributed by atoms with Crippen LogP contribution in [-0.2, 0) is 9.53 Å². The minimum atomic E-state index is -1.25. The third kappa shape index (κ3) is 6.71. The Labute approximate surface area is 118 Å². The predicted molar refractivity (Wildman–Crippen MR) is 72.8 cm³/mol. The van der Waals surface area contributed by atoms with E-state index >= 15 is 0 Å². The van der Waals surface area contributed by atoms with E-state index in [9.17, 15) is 14.7 Å². The Bertz CT molecular complexity index is 321. The second-order valence-corrected chi connectivity index (χ2v) is 7.03. The van der Waals surface area contributed by atoms with Crippen molar-refractivity contribution in [1.82, 2.24) is 5.32 Å². The highest BCUT2D eigenvalue weighted by atomic mass is 32.2. The van der Waals surface area contributed by atoms with E-state index in [0.29, 0.717) is 12.3 Å². The molecule has 0 radical (unpaired) electrons. The van der Waals surface area contributed by atoms with Crippen LogP contribution in [-0.4, -0.2) is 35.2 Å². The first-order valence-electron chi connectivity index (χ1n) is 6.56. The number of rotatable bonds is 4. The van der Waals surface area contributed by atoms with Crippen molar-refractivity contribution in [3.8, 4) is 0 Å². The van der Waals surface area contributed by atoms with E-state index < -0.39 is 23.7 Å². The number of carbonyl (C=O) groups excluding carboxylic acids is 2. The smallest absolute Gasteiger partial charge is 0.408 e. The second-order valence-electron chi connectivity index (χ2n) is 5.81. The van der Waals surface area contributed by atoms with Crippen LogP contribution in [0.25, 0.3) is 0 Å². The average molecular weight is 288 g/mol. The Morgan fingerprint density at radius 1 is 1.37 bits per heavy atom. The molecule has 0 aromatic carbocycles. The van der Waals surface area contributed by atoms with Gasteiger partial charge in [0, 0.05) is 0 Å². The molecule has 0 bridgehead atoms. The van der Waals surface area contributed by atoms with Gasteiger partial charge in [-0.1, -0.05) is 0 Å². The van der Waals surface area contributed by atoms with Gasteiger partial charge in [-0.05, 0) is 57.5 Å². The summed E-state index contributed by atoms with van der Waals surface area (Å²) in [7, 11) is 0. The van der Waals surface area contributed by atoms with Gasteiger partial charge in [0.15, 0.2) is 0 Å². The molecule has 1 aliphatic rings. The number of hydrogen-bond acceptors (Lipinski definition) is 5. The van der Waals surface area contributed by atoms with Crippen molar-refractivity contribution >= 4 is 23.8 Å². The number of nitrogens with one attached hydrogen (secondary N) is 1. The number of hydrogen-bond donors (Lipinski definition) is 1. The fourth-order valence-corrected chi connectivity index (χ4v) is 3.18. The maximum atomic E-state index is 11.6. The van der Waals surface area contributed by atoms with Crippen LogP contribution in [0.4, 0.5) is 4.79 Å². The van der Waals surface area contributed by atoms with Gasteiger partial charge in [-0.25, -0.2) is 4.79 Å². The monoisotopic (exact) mass is 288 g/mol. The molecule has 0 aliphatic carbocycles. The van der Waals surface area contributed by atoms with Crippen molar-refractivity contribution in [2.45, 2.75) is 51.7 Å². The van der Waals surface area contributed by atoms with Crippen molar-refractivity contribution in [1.29, 1.82) is 0 Å². The molecule has 6 heteroatoms. The summed E-state index contributed by atoms with van der Waals surface area (Å²) < 4.78 is 5.06. The molecule has 1 N–H and O–H groups in total. The summed E-state index contributed by atoms with van der Waals surface area (Å²) in [5, 5.41) is 13.5. The fraction of sp³-hybridized carbons (Fsp3) is 0.846. The summed E-state index contributed by atoms with van der Waals surface area (Å²) >= 11 is 1.88. The summed E-state index contributed by atoms with van der Waals surface area (Å²) in [5.74, 6) is 1.19. The molecule has 0 spiro atoms. The molecule has 110 valence electrons. The lowest BCUT2D eigenvalue weighted by atomic mass is 9.94. The summed E-state index contributed by atoms with van der Waals surface area (Å²) in [6, 6.07) is -0.969. The summed E-state index contributed by atoms with van der Waals surface area (Å²) in [6.07, 6.45) is 1.70. The van der Waals surface area contributed by atoms with E-state index in [1.807, 2.05) is 11.8 Å². The number of thioether (sulfide) groups is 1. The fourth-order valence-electron chi connectivity index (χ4n) is 1.98. The molecule has 1 amide bonds. The highest BCUT2D eigenvalue weighted by Crippen LogP contribution is 2.26. The molecule has 1 aliphatic heterocycles. The Hall–Kier alpha value is -0.910. The highest BCUT2D eigenvalue weighted by molar-refractivity contribution is 7.99. The van der Waals surface area contributed by atoms with Crippen LogP contribution in [0.1, 0.15) is 40.0 Å². The van der Waals surface area contributed by atoms with Crippen LogP contribution < -0.4 is 10.4 Å². The lowest BCUT2D eigenvalue weighted by molar-refractivity contribution is -0.308. The first-order chi connectivity index (χ1) is 8.78.